The molecule has 0 saturated heterocycles. The summed E-state index contributed by atoms with van der Waals surface area (Å²) >= 11 is 1.50. The van der Waals surface area contributed by atoms with Crippen molar-refractivity contribution in [2.75, 3.05) is 11.1 Å². The third kappa shape index (κ3) is 5.39. The molecule has 1 aromatic heterocycles. The number of nitriles is 1. The average molecular weight is 408 g/mol. The van der Waals surface area contributed by atoms with Crippen molar-refractivity contribution >= 4 is 23.4 Å². The number of aryl methyl sites for hydroxylation is 2. The molecule has 1 atom stereocenters. The van der Waals surface area contributed by atoms with Crippen molar-refractivity contribution in [3.8, 4) is 6.07 Å². The molecular weight excluding hydrogens is 378 g/mol. The van der Waals surface area contributed by atoms with Crippen molar-refractivity contribution in [2.45, 2.75) is 58.4 Å². The van der Waals surface area contributed by atoms with Gasteiger partial charge in [0.2, 0.25) is 5.91 Å². The molecule has 2 aromatic rings. The molecule has 1 N–H and O–H groups in total. The minimum atomic E-state index is -0.0173. The number of thioether (sulfide) groups is 1. The van der Waals surface area contributed by atoms with Crippen molar-refractivity contribution in [1.29, 1.82) is 5.26 Å². The lowest BCUT2D eigenvalue weighted by atomic mass is 9.71. The summed E-state index contributed by atoms with van der Waals surface area (Å²) in [5.41, 5.74) is 5.13. The van der Waals surface area contributed by atoms with E-state index in [-0.39, 0.29) is 11.3 Å². The third-order valence-corrected chi connectivity index (χ3v) is 6.68. The summed E-state index contributed by atoms with van der Waals surface area (Å²) in [6.07, 6.45) is 3.47. The van der Waals surface area contributed by atoms with E-state index >= 15 is 0 Å². The first-order valence-electron chi connectivity index (χ1n) is 10.2. The van der Waals surface area contributed by atoms with Crippen LogP contribution in [0.1, 0.15) is 56.0 Å². The number of carbonyl (C=O) groups excluding carboxylic acids is 1. The molecular formula is C24H29N3OS. The van der Waals surface area contributed by atoms with E-state index in [9.17, 15) is 10.1 Å². The van der Waals surface area contributed by atoms with Crippen molar-refractivity contribution in [2.24, 2.45) is 11.3 Å². The van der Waals surface area contributed by atoms with E-state index in [4.69, 9.17) is 4.98 Å². The molecule has 4 nitrogen and oxygen atoms in total. The van der Waals surface area contributed by atoms with Crippen molar-refractivity contribution in [1.82, 2.24) is 4.98 Å². The van der Waals surface area contributed by atoms with Crippen LogP contribution in [0.3, 0.4) is 0 Å². The minimum absolute atomic E-state index is 0.0173. The predicted octanol–water partition coefficient (Wildman–Crippen LogP) is 5.53. The largest absolute Gasteiger partial charge is 0.326 e. The van der Waals surface area contributed by atoms with E-state index in [1.54, 1.807) is 0 Å². The first kappa shape index (κ1) is 21.4. The zero-order chi connectivity index (χ0) is 21.0. The molecule has 152 valence electrons. The lowest BCUT2D eigenvalue weighted by molar-refractivity contribution is -0.115. The Bertz CT molecular complexity index is 940. The van der Waals surface area contributed by atoms with Gasteiger partial charge in [0.05, 0.1) is 5.56 Å². The molecule has 1 unspecified atom stereocenters. The van der Waals surface area contributed by atoms with Gasteiger partial charge in [0.1, 0.15) is 11.1 Å². The lowest BCUT2D eigenvalue weighted by Gasteiger charge is -2.34. The predicted molar refractivity (Wildman–Crippen MR) is 119 cm³/mol. The second kappa shape index (κ2) is 9.00. The van der Waals surface area contributed by atoms with Crippen molar-refractivity contribution < 1.29 is 4.79 Å². The van der Waals surface area contributed by atoms with Crippen LogP contribution in [0, 0.1) is 29.6 Å². The fourth-order valence-electron chi connectivity index (χ4n) is 3.74. The van der Waals surface area contributed by atoms with Crippen LogP contribution in [0.4, 0.5) is 5.69 Å². The average Bonchev–Trinajstić information content (AvgIpc) is 2.68. The second-order valence-corrected chi connectivity index (χ2v) is 9.91. The number of nitrogens with one attached hydrogen (secondary N) is 1. The van der Waals surface area contributed by atoms with Gasteiger partial charge in [0.25, 0.3) is 0 Å². The summed E-state index contributed by atoms with van der Waals surface area (Å²) in [4.78, 5) is 17.1. The second-order valence-electron chi connectivity index (χ2n) is 8.83. The van der Waals surface area contributed by atoms with Gasteiger partial charge in [-0.3, -0.25) is 4.79 Å². The summed E-state index contributed by atoms with van der Waals surface area (Å²) in [6.45, 7) is 8.83. The van der Waals surface area contributed by atoms with Gasteiger partial charge in [-0.2, -0.15) is 5.26 Å². The van der Waals surface area contributed by atoms with Crippen LogP contribution in [0.5, 0.6) is 0 Å². The Hall–Kier alpha value is -2.32. The molecule has 0 spiro atoms. The monoisotopic (exact) mass is 407 g/mol. The highest BCUT2D eigenvalue weighted by molar-refractivity contribution is 7.99. The Balaban J connectivity index is 1.62. The van der Waals surface area contributed by atoms with Crippen molar-refractivity contribution in [3.05, 3.63) is 52.7 Å². The Kier molecular flexibility index (Phi) is 6.64. The number of amides is 1. The quantitative estimate of drug-likeness (QED) is 0.662. The van der Waals surface area contributed by atoms with Gasteiger partial charge < -0.3 is 5.32 Å². The zero-order valence-corrected chi connectivity index (χ0v) is 18.5. The van der Waals surface area contributed by atoms with Gasteiger partial charge >= 0.3 is 0 Å². The number of benzene rings is 1. The molecule has 0 radical (unpaired) electrons. The van der Waals surface area contributed by atoms with Crippen molar-refractivity contribution in [3.63, 3.8) is 0 Å². The van der Waals surface area contributed by atoms with Gasteiger partial charge in [-0.05, 0) is 60.8 Å². The topological polar surface area (TPSA) is 65.8 Å². The number of fused-ring (bicyclic) bond motifs is 1. The number of hydrogen-bond donors (Lipinski definition) is 1. The number of carbonyl (C=O) groups is 1. The Morgan fingerprint density at radius 3 is 2.79 bits per heavy atom. The highest BCUT2D eigenvalue weighted by Crippen LogP contribution is 2.38. The smallest absolute Gasteiger partial charge is 0.225 e. The molecule has 1 heterocycles. The number of para-hydroxylation sites is 1. The summed E-state index contributed by atoms with van der Waals surface area (Å²) in [5.74, 6) is 1.20. The van der Waals surface area contributed by atoms with E-state index in [2.05, 4.69) is 32.2 Å². The number of anilines is 1. The molecule has 1 aromatic carbocycles. The normalized spacial score (nSPS) is 16.0. The van der Waals surface area contributed by atoms with Crippen LogP contribution in [0.25, 0.3) is 0 Å². The maximum absolute atomic E-state index is 12.3. The van der Waals surface area contributed by atoms with Gasteiger partial charge in [0, 0.05) is 23.6 Å². The summed E-state index contributed by atoms with van der Waals surface area (Å²) in [7, 11) is 0. The minimum Gasteiger partial charge on any atom is -0.326 e. The van der Waals surface area contributed by atoms with Crippen LogP contribution in [-0.2, 0) is 17.6 Å². The molecule has 0 fully saturated rings. The summed E-state index contributed by atoms with van der Waals surface area (Å²) in [5, 5.41) is 13.3. The van der Waals surface area contributed by atoms with E-state index < -0.39 is 0 Å². The standard InChI is InChI=1S/C24H29N3OS/c1-16-7-5-6-8-20(16)26-22(28)11-12-29-23-18(15-25)13-17-14-19(24(2,3)4)9-10-21(17)27-23/h5-8,13,19H,9-12,14H2,1-4H3,(H,26,28). The summed E-state index contributed by atoms with van der Waals surface area (Å²) < 4.78 is 0. The number of hydrogen-bond acceptors (Lipinski definition) is 4. The van der Waals surface area contributed by atoms with Crippen LogP contribution in [0.2, 0.25) is 0 Å². The maximum Gasteiger partial charge on any atom is 0.225 e. The fourth-order valence-corrected chi connectivity index (χ4v) is 4.66. The molecule has 5 heteroatoms. The molecule has 0 bridgehead atoms. The SMILES string of the molecule is Cc1ccccc1NC(=O)CCSc1nc2c(cc1C#N)CC(C(C)(C)C)CC2. The molecule has 3 rings (SSSR count). The molecule has 29 heavy (non-hydrogen) atoms. The van der Waals surface area contributed by atoms with Crippen LogP contribution >= 0.6 is 11.8 Å². The molecule has 1 aliphatic carbocycles. The highest BCUT2D eigenvalue weighted by atomic mass is 32.2. The highest BCUT2D eigenvalue weighted by Gasteiger charge is 2.30. The number of aromatic nitrogens is 1. The number of nitrogens with zero attached hydrogens (tertiary/aromatic N) is 2. The Morgan fingerprint density at radius 2 is 2.10 bits per heavy atom. The van der Waals surface area contributed by atoms with Gasteiger partial charge in [-0.15, -0.1) is 11.8 Å². The fraction of sp³-hybridized carbons (Fsp3) is 0.458. The molecule has 0 aliphatic heterocycles. The van der Waals surface area contributed by atoms with E-state index in [0.29, 0.717) is 23.7 Å². The lowest BCUT2D eigenvalue weighted by Crippen LogP contribution is -2.27. The molecule has 1 aliphatic rings. The van der Waals surface area contributed by atoms with E-state index in [0.717, 1.165) is 41.2 Å². The van der Waals surface area contributed by atoms with Crippen LogP contribution in [0.15, 0.2) is 35.4 Å². The van der Waals surface area contributed by atoms with Gasteiger partial charge in [0.15, 0.2) is 0 Å². The van der Waals surface area contributed by atoms with E-state index in [1.807, 2.05) is 37.3 Å². The van der Waals surface area contributed by atoms with Crippen LogP contribution < -0.4 is 5.32 Å². The van der Waals surface area contributed by atoms with Gasteiger partial charge in [-0.1, -0.05) is 39.0 Å². The van der Waals surface area contributed by atoms with E-state index in [1.165, 1.54) is 17.3 Å². The number of pyridine rings is 1. The Labute approximate surface area is 178 Å². The van der Waals surface area contributed by atoms with Gasteiger partial charge in [-0.25, -0.2) is 4.98 Å². The first-order chi connectivity index (χ1) is 13.8. The molecule has 0 saturated carbocycles. The number of rotatable bonds is 5. The first-order valence-corrected chi connectivity index (χ1v) is 11.2. The maximum atomic E-state index is 12.3. The zero-order valence-electron chi connectivity index (χ0n) is 17.7. The summed E-state index contributed by atoms with van der Waals surface area (Å²) in [6, 6.07) is 12.1. The van der Waals surface area contributed by atoms with Crippen LogP contribution in [-0.4, -0.2) is 16.6 Å². The third-order valence-electron chi connectivity index (χ3n) is 5.68. The molecule has 1 amide bonds. The Morgan fingerprint density at radius 1 is 1.34 bits per heavy atom.